The number of nitrogens with zero attached hydrogens (tertiary/aromatic N) is 1. The molecule has 0 aliphatic carbocycles. The predicted octanol–water partition coefficient (Wildman–Crippen LogP) is 2.78. The minimum atomic E-state index is -3.70. The first-order chi connectivity index (χ1) is 12.1. The smallest absolute Gasteiger partial charge is 0.267 e. The van der Waals surface area contributed by atoms with Gasteiger partial charge in [0.15, 0.2) is 17.7 Å². The van der Waals surface area contributed by atoms with E-state index in [1.165, 1.54) is 24.3 Å². The SMILES string of the molecule is CS(=O)(=O)N1CC(C(=O)Nc2ccc(F)c(F)c2)Oc2ccc(Cl)cc21. The van der Waals surface area contributed by atoms with Crippen LogP contribution in [0.4, 0.5) is 20.2 Å². The molecule has 138 valence electrons. The average Bonchev–Trinajstić information content (AvgIpc) is 2.56. The topological polar surface area (TPSA) is 75.7 Å². The van der Waals surface area contributed by atoms with Gasteiger partial charge in [0.2, 0.25) is 10.0 Å². The zero-order valence-electron chi connectivity index (χ0n) is 13.4. The van der Waals surface area contributed by atoms with Gasteiger partial charge in [-0.15, -0.1) is 0 Å². The van der Waals surface area contributed by atoms with Gasteiger partial charge in [0, 0.05) is 16.8 Å². The van der Waals surface area contributed by atoms with Gasteiger partial charge in [-0.1, -0.05) is 11.6 Å². The fraction of sp³-hybridized carbons (Fsp3) is 0.188. The second-order valence-corrected chi connectivity index (χ2v) is 7.97. The zero-order chi connectivity index (χ0) is 19.1. The summed E-state index contributed by atoms with van der Waals surface area (Å²) >= 11 is 5.90. The first-order valence-electron chi connectivity index (χ1n) is 7.35. The summed E-state index contributed by atoms with van der Waals surface area (Å²) in [6, 6.07) is 7.23. The number of fused-ring (bicyclic) bond motifs is 1. The van der Waals surface area contributed by atoms with Crippen LogP contribution in [0, 0.1) is 11.6 Å². The molecule has 1 heterocycles. The maximum absolute atomic E-state index is 13.3. The molecule has 2 aromatic rings. The van der Waals surface area contributed by atoms with Gasteiger partial charge < -0.3 is 10.1 Å². The van der Waals surface area contributed by atoms with Crippen LogP contribution in [0.25, 0.3) is 0 Å². The van der Waals surface area contributed by atoms with Crippen LogP contribution in [0.3, 0.4) is 0 Å². The lowest BCUT2D eigenvalue weighted by molar-refractivity contribution is -0.122. The lowest BCUT2D eigenvalue weighted by Gasteiger charge is -2.34. The largest absolute Gasteiger partial charge is 0.476 e. The zero-order valence-corrected chi connectivity index (χ0v) is 14.9. The van der Waals surface area contributed by atoms with Crippen molar-refractivity contribution >= 4 is 38.9 Å². The Bertz CT molecular complexity index is 984. The summed E-state index contributed by atoms with van der Waals surface area (Å²) in [7, 11) is -3.70. The third kappa shape index (κ3) is 3.73. The molecule has 1 aliphatic heterocycles. The minimum Gasteiger partial charge on any atom is -0.476 e. The molecular weight excluding hydrogens is 390 g/mol. The van der Waals surface area contributed by atoms with Crippen LogP contribution in [-0.4, -0.2) is 33.2 Å². The number of carbonyl (C=O) groups excluding carboxylic acids is 1. The molecule has 3 rings (SSSR count). The molecule has 6 nitrogen and oxygen atoms in total. The van der Waals surface area contributed by atoms with Crippen molar-refractivity contribution in [1.82, 2.24) is 0 Å². The van der Waals surface area contributed by atoms with Crippen molar-refractivity contribution in [3.8, 4) is 5.75 Å². The van der Waals surface area contributed by atoms with Crippen LogP contribution in [0.5, 0.6) is 5.75 Å². The van der Waals surface area contributed by atoms with Crippen molar-refractivity contribution in [2.45, 2.75) is 6.10 Å². The Labute approximate surface area is 153 Å². The third-order valence-corrected chi connectivity index (χ3v) is 5.05. The predicted molar refractivity (Wildman–Crippen MR) is 93.0 cm³/mol. The molecule has 1 atom stereocenters. The number of hydrogen-bond acceptors (Lipinski definition) is 4. The molecule has 0 saturated heterocycles. The van der Waals surface area contributed by atoms with Gasteiger partial charge in [0.25, 0.3) is 5.91 Å². The van der Waals surface area contributed by atoms with Gasteiger partial charge in [-0.3, -0.25) is 9.10 Å². The molecule has 10 heteroatoms. The lowest BCUT2D eigenvalue weighted by atomic mass is 10.2. The normalized spacial score (nSPS) is 16.6. The fourth-order valence-electron chi connectivity index (χ4n) is 2.47. The Balaban J connectivity index is 1.88. The van der Waals surface area contributed by atoms with E-state index in [1.807, 2.05) is 0 Å². The van der Waals surface area contributed by atoms with Crippen LogP contribution < -0.4 is 14.4 Å². The molecular formula is C16H13ClF2N2O4S. The summed E-state index contributed by atoms with van der Waals surface area (Å²) in [5.41, 5.74) is 0.238. The number of amides is 1. The third-order valence-electron chi connectivity index (χ3n) is 3.67. The number of rotatable bonds is 3. The molecule has 0 radical (unpaired) electrons. The van der Waals surface area contributed by atoms with E-state index >= 15 is 0 Å². The first-order valence-corrected chi connectivity index (χ1v) is 9.57. The Hall–Kier alpha value is -2.39. The number of halogens is 3. The van der Waals surface area contributed by atoms with Gasteiger partial charge in [0.05, 0.1) is 18.5 Å². The molecule has 1 amide bonds. The molecule has 0 spiro atoms. The van der Waals surface area contributed by atoms with E-state index in [-0.39, 0.29) is 23.7 Å². The van der Waals surface area contributed by atoms with E-state index in [0.717, 1.165) is 22.7 Å². The highest BCUT2D eigenvalue weighted by Crippen LogP contribution is 2.37. The quantitative estimate of drug-likeness (QED) is 0.856. The second kappa shape index (κ2) is 6.73. The first kappa shape index (κ1) is 18.4. The van der Waals surface area contributed by atoms with Crippen LogP contribution in [0.15, 0.2) is 36.4 Å². The number of carbonyl (C=O) groups is 1. The van der Waals surface area contributed by atoms with Crippen molar-refractivity contribution in [2.24, 2.45) is 0 Å². The molecule has 0 bridgehead atoms. The van der Waals surface area contributed by atoms with E-state index in [4.69, 9.17) is 16.3 Å². The van der Waals surface area contributed by atoms with Crippen molar-refractivity contribution < 1.29 is 26.7 Å². The van der Waals surface area contributed by atoms with Gasteiger partial charge in [-0.05, 0) is 30.3 Å². The standard InChI is InChI=1S/C16H13ClF2N2O4S/c1-26(23,24)21-8-15(25-14-5-2-9(17)6-13(14)21)16(22)20-10-3-4-11(18)12(19)7-10/h2-7,15H,8H2,1H3,(H,20,22). The Morgan fingerprint density at radius 1 is 1.23 bits per heavy atom. The molecule has 0 saturated carbocycles. The summed E-state index contributed by atoms with van der Waals surface area (Å²) in [5.74, 6) is -2.71. The van der Waals surface area contributed by atoms with Crippen molar-refractivity contribution in [3.05, 3.63) is 53.1 Å². The number of hydrogen-bond donors (Lipinski definition) is 1. The Morgan fingerprint density at radius 3 is 2.62 bits per heavy atom. The van der Waals surface area contributed by atoms with E-state index in [0.29, 0.717) is 5.02 Å². The lowest BCUT2D eigenvalue weighted by Crippen LogP contribution is -2.48. The van der Waals surface area contributed by atoms with Gasteiger partial charge in [-0.25, -0.2) is 17.2 Å². The van der Waals surface area contributed by atoms with Crippen LogP contribution in [-0.2, 0) is 14.8 Å². The Morgan fingerprint density at radius 2 is 1.96 bits per heavy atom. The number of benzene rings is 2. The van der Waals surface area contributed by atoms with Gasteiger partial charge in [0.1, 0.15) is 5.75 Å². The summed E-state index contributed by atoms with van der Waals surface area (Å²) < 4.78 is 57.0. The summed E-state index contributed by atoms with van der Waals surface area (Å²) in [6.45, 7) is -0.290. The summed E-state index contributed by atoms with van der Waals surface area (Å²) in [4.78, 5) is 12.4. The highest BCUT2D eigenvalue weighted by molar-refractivity contribution is 7.92. The minimum absolute atomic E-state index is 0.0188. The molecule has 0 fully saturated rings. The number of sulfonamides is 1. The number of anilines is 2. The second-order valence-electron chi connectivity index (χ2n) is 5.63. The highest BCUT2D eigenvalue weighted by atomic mass is 35.5. The van der Waals surface area contributed by atoms with E-state index in [9.17, 15) is 22.0 Å². The average molecular weight is 403 g/mol. The molecule has 1 N–H and O–H groups in total. The van der Waals surface area contributed by atoms with Crippen LogP contribution in [0.2, 0.25) is 5.02 Å². The van der Waals surface area contributed by atoms with Gasteiger partial charge in [-0.2, -0.15) is 0 Å². The van der Waals surface area contributed by atoms with Gasteiger partial charge >= 0.3 is 0 Å². The maximum atomic E-state index is 13.3. The molecule has 26 heavy (non-hydrogen) atoms. The van der Waals surface area contributed by atoms with Crippen molar-refractivity contribution in [1.29, 1.82) is 0 Å². The molecule has 1 unspecified atom stereocenters. The molecule has 2 aromatic carbocycles. The van der Waals surface area contributed by atoms with Crippen LogP contribution in [0.1, 0.15) is 0 Å². The Kier molecular flexibility index (Phi) is 4.76. The summed E-state index contributed by atoms with van der Waals surface area (Å²) in [5, 5.41) is 2.69. The van der Waals surface area contributed by atoms with E-state index in [1.54, 1.807) is 0 Å². The molecule has 1 aliphatic rings. The van der Waals surface area contributed by atoms with E-state index < -0.39 is 33.7 Å². The van der Waals surface area contributed by atoms with Crippen molar-refractivity contribution in [3.63, 3.8) is 0 Å². The summed E-state index contributed by atoms with van der Waals surface area (Å²) in [6.07, 6.45) is -0.195. The fourth-order valence-corrected chi connectivity index (χ4v) is 3.54. The van der Waals surface area contributed by atoms with E-state index in [2.05, 4.69) is 5.32 Å². The number of ether oxygens (including phenoxy) is 1. The monoisotopic (exact) mass is 402 g/mol. The van der Waals surface area contributed by atoms with Crippen molar-refractivity contribution in [2.75, 3.05) is 22.4 Å². The molecule has 0 aromatic heterocycles. The highest BCUT2D eigenvalue weighted by Gasteiger charge is 2.35. The van der Waals surface area contributed by atoms with Crippen LogP contribution >= 0.6 is 11.6 Å². The maximum Gasteiger partial charge on any atom is 0.267 e. The number of nitrogens with one attached hydrogen (secondary N) is 1.